The number of aromatic nitrogens is 1. The SMILES string of the molecule is CCOC(=O)N1CCN(C(=O)C(CCC(=O)O)NC(=O)c2cc(OCC(=O)N3CCC(OCc4ccccc4)C3)c3ccccc3n2)CC1. The second-order valence-corrected chi connectivity index (χ2v) is 11.8. The third-order valence-corrected chi connectivity index (χ3v) is 8.46. The number of carbonyl (C=O) groups excluding carboxylic acids is 4. The van der Waals surface area contributed by atoms with Crippen LogP contribution in [0.3, 0.4) is 0 Å². The number of hydrogen-bond acceptors (Lipinski definition) is 9. The van der Waals surface area contributed by atoms with E-state index in [9.17, 15) is 29.1 Å². The predicted octanol–water partition coefficient (Wildman–Crippen LogP) is 2.70. The van der Waals surface area contributed by atoms with Crippen LogP contribution >= 0.6 is 0 Å². The Hall–Kier alpha value is -5.24. The number of likely N-dealkylation sites (tertiary alicyclic amines) is 1. The van der Waals surface area contributed by atoms with Gasteiger partial charge in [-0.05, 0) is 37.5 Å². The molecule has 2 N–H and O–H groups in total. The molecule has 2 aliphatic rings. The highest BCUT2D eigenvalue weighted by Crippen LogP contribution is 2.26. The average Bonchev–Trinajstić information content (AvgIpc) is 3.60. The molecular formula is C35H41N5O9. The Morgan fingerprint density at radius 2 is 1.65 bits per heavy atom. The van der Waals surface area contributed by atoms with Crippen LogP contribution in [0.2, 0.25) is 0 Å². The number of carboxylic acid groups (broad SMARTS) is 1. The molecular weight excluding hydrogens is 634 g/mol. The number of ether oxygens (including phenoxy) is 3. The predicted molar refractivity (Wildman–Crippen MR) is 177 cm³/mol. The lowest BCUT2D eigenvalue weighted by Gasteiger charge is -2.35. The van der Waals surface area contributed by atoms with Gasteiger partial charge in [-0.3, -0.25) is 19.2 Å². The molecule has 4 amide bonds. The maximum Gasteiger partial charge on any atom is 0.409 e. The molecule has 260 valence electrons. The molecule has 14 heteroatoms. The summed E-state index contributed by atoms with van der Waals surface area (Å²) in [6.07, 6.45) is -0.334. The van der Waals surface area contributed by atoms with Crippen molar-refractivity contribution in [1.29, 1.82) is 0 Å². The third-order valence-electron chi connectivity index (χ3n) is 8.46. The summed E-state index contributed by atoms with van der Waals surface area (Å²) in [5.74, 6) is -2.23. The highest BCUT2D eigenvalue weighted by atomic mass is 16.6. The van der Waals surface area contributed by atoms with Gasteiger partial charge in [0.05, 0.1) is 24.8 Å². The summed E-state index contributed by atoms with van der Waals surface area (Å²) >= 11 is 0. The van der Waals surface area contributed by atoms with Crippen LogP contribution < -0.4 is 10.1 Å². The second-order valence-electron chi connectivity index (χ2n) is 11.8. The summed E-state index contributed by atoms with van der Waals surface area (Å²) in [6, 6.07) is 17.1. The van der Waals surface area contributed by atoms with E-state index in [0.29, 0.717) is 37.0 Å². The van der Waals surface area contributed by atoms with Crippen molar-refractivity contribution in [3.05, 3.63) is 71.9 Å². The van der Waals surface area contributed by atoms with E-state index in [-0.39, 0.29) is 75.7 Å². The van der Waals surface area contributed by atoms with Crippen LogP contribution in [0, 0.1) is 0 Å². The number of fused-ring (bicyclic) bond motifs is 1. The summed E-state index contributed by atoms with van der Waals surface area (Å²) in [7, 11) is 0. The van der Waals surface area contributed by atoms with Gasteiger partial charge in [-0.15, -0.1) is 0 Å². The fourth-order valence-electron chi connectivity index (χ4n) is 5.79. The lowest BCUT2D eigenvalue weighted by molar-refractivity contribution is -0.138. The van der Waals surface area contributed by atoms with Crippen molar-refractivity contribution in [3.8, 4) is 5.75 Å². The molecule has 2 unspecified atom stereocenters. The van der Waals surface area contributed by atoms with E-state index in [1.165, 1.54) is 15.9 Å². The molecule has 1 aromatic heterocycles. The normalized spacial score (nSPS) is 16.7. The van der Waals surface area contributed by atoms with Gasteiger partial charge < -0.3 is 39.3 Å². The Morgan fingerprint density at radius 3 is 2.39 bits per heavy atom. The first kappa shape index (κ1) is 35.1. The first-order valence-corrected chi connectivity index (χ1v) is 16.4. The average molecular weight is 676 g/mol. The minimum atomic E-state index is -1.15. The quantitative estimate of drug-likeness (QED) is 0.275. The van der Waals surface area contributed by atoms with Gasteiger partial charge in [0, 0.05) is 57.1 Å². The number of nitrogens with one attached hydrogen (secondary N) is 1. The third kappa shape index (κ3) is 9.44. The Balaban J connectivity index is 1.23. The zero-order valence-corrected chi connectivity index (χ0v) is 27.4. The molecule has 2 saturated heterocycles. The number of hydrogen-bond donors (Lipinski definition) is 2. The van der Waals surface area contributed by atoms with Crippen LogP contribution in [0.4, 0.5) is 4.79 Å². The van der Waals surface area contributed by atoms with Gasteiger partial charge in [0.2, 0.25) is 5.91 Å². The number of piperazine rings is 1. The summed E-state index contributed by atoms with van der Waals surface area (Å²) in [5.41, 5.74) is 1.44. The zero-order chi connectivity index (χ0) is 34.8. The van der Waals surface area contributed by atoms with Gasteiger partial charge in [-0.25, -0.2) is 9.78 Å². The lowest BCUT2D eigenvalue weighted by atomic mass is 10.1. The number of amides is 4. The van der Waals surface area contributed by atoms with E-state index in [1.54, 1.807) is 36.1 Å². The Morgan fingerprint density at radius 1 is 0.939 bits per heavy atom. The molecule has 0 aliphatic carbocycles. The zero-order valence-electron chi connectivity index (χ0n) is 27.4. The van der Waals surface area contributed by atoms with Crippen molar-refractivity contribution >= 4 is 40.7 Å². The Labute approximate surface area is 283 Å². The molecule has 3 aromatic rings. The second kappa shape index (κ2) is 16.7. The van der Waals surface area contributed by atoms with Crippen molar-refractivity contribution in [3.63, 3.8) is 0 Å². The summed E-state index contributed by atoms with van der Waals surface area (Å²) in [5, 5.41) is 12.6. The van der Waals surface area contributed by atoms with Gasteiger partial charge >= 0.3 is 12.1 Å². The molecule has 14 nitrogen and oxygen atoms in total. The van der Waals surface area contributed by atoms with Gasteiger partial charge in [0.1, 0.15) is 17.5 Å². The van der Waals surface area contributed by atoms with Crippen molar-refractivity contribution in [2.45, 2.75) is 44.9 Å². The molecule has 2 atom stereocenters. The van der Waals surface area contributed by atoms with Gasteiger partial charge in [-0.1, -0.05) is 42.5 Å². The number of carbonyl (C=O) groups is 5. The number of rotatable bonds is 13. The van der Waals surface area contributed by atoms with Crippen LogP contribution in [0.1, 0.15) is 42.2 Å². The molecule has 2 aliphatic heterocycles. The minimum Gasteiger partial charge on any atom is -0.483 e. The number of pyridine rings is 1. The van der Waals surface area contributed by atoms with E-state index in [2.05, 4.69) is 10.3 Å². The first-order valence-electron chi connectivity index (χ1n) is 16.4. The van der Waals surface area contributed by atoms with Gasteiger partial charge in [0.15, 0.2) is 6.61 Å². The fraction of sp³-hybridized carbons (Fsp3) is 0.429. The standard InChI is InChI=1S/C35H41N5O9/c1-2-47-35(46)39-18-16-38(17-19-39)34(45)28(12-13-32(42)43)37-33(44)29-20-30(26-10-6-7-11-27(26)36-29)49-23-31(41)40-15-14-25(21-40)48-22-24-8-4-3-5-9-24/h3-11,20,25,28H,2,12-19,21-23H2,1H3,(H,37,44)(H,42,43). The molecule has 5 rings (SSSR count). The molecule has 49 heavy (non-hydrogen) atoms. The number of aliphatic carboxylic acids is 1. The molecule has 2 aromatic carbocycles. The maximum atomic E-state index is 13.5. The minimum absolute atomic E-state index is 0.0584. The smallest absolute Gasteiger partial charge is 0.409 e. The van der Waals surface area contributed by atoms with E-state index in [4.69, 9.17) is 14.2 Å². The highest BCUT2D eigenvalue weighted by molar-refractivity contribution is 5.99. The maximum absolute atomic E-state index is 13.5. The Kier molecular flexibility index (Phi) is 12.0. The molecule has 3 heterocycles. The van der Waals surface area contributed by atoms with Crippen LogP contribution in [0.15, 0.2) is 60.7 Å². The highest BCUT2D eigenvalue weighted by Gasteiger charge is 2.32. The molecule has 0 saturated carbocycles. The topological polar surface area (TPSA) is 168 Å². The number of nitrogens with zero attached hydrogens (tertiary/aromatic N) is 4. The van der Waals surface area contributed by atoms with Crippen LogP contribution in [0.25, 0.3) is 10.9 Å². The molecule has 0 spiro atoms. The summed E-state index contributed by atoms with van der Waals surface area (Å²) in [4.78, 5) is 72.7. The van der Waals surface area contributed by atoms with Gasteiger partial charge in [0.25, 0.3) is 11.8 Å². The van der Waals surface area contributed by atoms with Crippen molar-refractivity contribution in [2.24, 2.45) is 0 Å². The Bertz CT molecular complexity index is 1640. The summed E-state index contributed by atoms with van der Waals surface area (Å²) in [6.45, 7) is 4.02. The van der Waals surface area contributed by atoms with E-state index >= 15 is 0 Å². The summed E-state index contributed by atoms with van der Waals surface area (Å²) < 4.78 is 17.0. The van der Waals surface area contributed by atoms with E-state index < -0.39 is 29.9 Å². The van der Waals surface area contributed by atoms with Gasteiger partial charge in [-0.2, -0.15) is 0 Å². The van der Waals surface area contributed by atoms with Crippen LogP contribution in [-0.2, 0) is 30.5 Å². The number of para-hydroxylation sites is 1. The van der Waals surface area contributed by atoms with E-state index in [1.807, 2.05) is 30.3 Å². The van der Waals surface area contributed by atoms with Crippen LogP contribution in [-0.4, -0.2) is 119 Å². The van der Waals surface area contributed by atoms with Crippen LogP contribution in [0.5, 0.6) is 5.75 Å². The molecule has 0 bridgehead atoms. The monoisotopic (exact) mass is 675 g/mol. The fourth-order valence-corrected chi connectivity index (χ4v) is 5.79. The largest absolute Gasteiger partial charge is 0.483 e. The molecule has 2 fully saturated rings. The number of benzene rings is 2. The van der Waals surface area contributed by atoms with E-state index in [0.717, 1.165) is 5.56 Å². The van der Waals surface area contributed by atoms with Crippen molar-refractivity contribution in [2.75, 3.05) is 52.5 Å². The van der Waals surface area contributed by atoms with Crippen molar-refractivity contribution in [1.82, 2.24) is 25.0 Å². The molecule has 0 radical (unpaired) electrons. The van der Waals surface area contributed by atoms with Crippen molar-refractivity contribution < 1.29 is 43.3 Å². The first-order chi connectivity index (χ1) is 23.7. The lowest BCUT2D eigenvalue weighted by Crippen LogP contribution is -2.56. The number of carboxylic acids is 1.